The third kappa shape index (κ3) is 4.67. The molecule has 1 aliphatic rings. The van der Waals surface area contributed by atoms with Crippen molar-refractivity contribution in [2.24, 2.45) is 5.92 Å². The average molecular weight is 356 g/mol. The number of amides is 1. The minimum atomic E-state index is -0.989. The summed E-state index contributed by atoms with van der Waals surface area (Å²) in [6, 6.07) is 12.7. The molecule has 5 nitrogen and oxygen atoms in total. The predicted octanol–water partition coefficient (Wildman–Crippen LogP) is 3.37. The number of nitrogens with zero attached hydrogens (tertiary/aromatic N) is 1. The van der Waals surface area contributed by atoms with Gasteiger partial charge in [0.1, 0.15) is 5.82 Å². The molecule has 1 aliphatic heterocycles. The lowest BCUT2D eigenvalue weighted by Crippen LogP contribution is -2.37. The van der Waals surface area contributed by atoms with Crippen molar-refractivity contribution < 1.29 is 19.1 Å². The van der Waals surface area contributed by atoms with Crippen LogP contribution in [0, 0.1) is 11.7 Å². The lowest BCUT2D eigenvalue weighted by Gasteiger charge is -2.31. The first-order valence-electron chi connectivity index (χ1n) is 8.62. The van der Waals surface area contributed by atoms with Crippen molar-refractivity contribution in [3.63, 3.8) is 0 Å². The number of likely N-dealkylation sites (tertiary alicyclic amines) is 1. The van der Waals surface area contributed by atoms with Crippen LogP contribution in [0.15, 0.2) is 48.5 Å². The monoisotopic (exact) mass is 356 g/mol. The van der Waals surface area contributed by atoms with E-state index in [2.05, 4.69) is 10.2 Å². The van der Waals surface area contributed by atoms with E-state index in [1.807, 2.05) is 0 Å². The van der Waals surface area contributed by atoms with Crippen LogP contribution in [0.1, 0.15) is 28.8 Å². The summed E-state index contributed by atoms with van der Waals surface area (Å²) < 4.78 is 13.0. The van der Waals surface area contributed by atoms with Gasteiger partial charge in [-0.1, -0.05) is 12.1 Å². The van der Waals surface area contributed by atoms with E-state index >= 15 is 0 Å². The second-order valence-corrected chi connectivity index (χ2v) is 6.55. The number of piperidine rings is 1. The van der Waals surface area contributed by atoms with Gasteiger partial charge in [0, 0.05) is 18.2 Å². The van der Waals surface area contributed by atoms with E-state index in [0.717, 1.165) is 38.0 Å². The first-order chi connectivity index (χ1) is 12.5. The molecule has 1 amide bonds. The van der Waals surface area contributed by atoms with E-state index in [0.29, 0.717) is 5.69 Å². The summed E-state index contributed by atoms with van der Waals surface area (Å²) in [5, 5.41) is 11.8. The second-order valence-electron chi connectivity index (χ2n) is 6.55. The Morgan fingerprint density at radius 3 is 2.23 bits per heavy atom. The standard InChI is InChI=1S/C20H21FN2O3/c21-17-5-1-14(2-6-17)13-23-11-9-15(10-12-23)19(24)22-18-7-3-16(4-8-18)20(25)26/h1-8,15H,9-13H2,(H,22,24)(H,25,26). The van der Waals surface area contributed by atoms with Crippen LogP contribution in [0.25, 0.3) is 0 Å². The lowest BCUT2D eigenvalue weighted by atomic mass is 9.95. The molecule has 1 fully saturated rings. The number of halogens is 1. The zero-order valence-corrected chi connectivity index (χ0v) is 14.3. The molecule has 6 heteroatoms. The van der Waals surface area contributed by atoms with Gasteiger partial charge in [0.2, 0.25) is 5.91 Å². The molecule has 2 aromatic carbocycles. The summed E-state index contributed by atoms with van der Waals surface area (Å²) in [4.78, 5) is 25.5. The zero-order valence-electron chi connectivity index (χ0n) is 14.3. The number of rotatable bonds is 5. The Morgan fingerprint density at radius 1 is 1.04 bits per heavy atom. The van der Waals surface area contributed by atoms with Crippen LogP contribution in [0.4, 0.5) is 10.1 Å². The van der Waals surface area contributed by atoms with Gasteiger partial charge in [-0.05, 0) is 67.9 Å². The Labute approximate surface area is 151 Å². The number of carboxylic acid groups (broad SMARTS) is 1. The number of benzene rings is 2. The lowest BCUT2D eigenvalue weighted by molar-refractivity contribution is -0.121. The number of nitrogens with one attached hydrogen (secondary N) is 1. The summed E-state index contributed by atoms with van der Waals surface area (Å²) in [6.45, 7) is 2.38. The molecule has 0 spiro atoms. The van der Waals surface area contributed by atoms with E-state index in [-0.39, 0.29) is 23.2 Å². The minimum Gasteiger partial charge on any atom is -0.478 e. The maximum absolute atomic E-state index is 13.0. The Balaban J connectivity index is 1.48. The second kappa shape index (κ2) is 8.10. The Kier molecular flexibility index (Phi) is 5.63. The molecule has 26 heavy (non-hydrogen) atoms. The SMILES string of the molecule is O=C(O)c1ccc(NC(=O)C2CCN(Cc3ccc(F)cc3)CC2)cc1. The fourth-order valence-electron chi connectivity index (χ4n) is 3.14. The zero-order chi connectivity index (χ0) is 18.5. The van der Waals surface area contributed by atoms with Gasteiger partial charge in [-0.15, -0.1) is 0 Å². The Morgan fingerprint density at radius 2 is 1.65 bits per heavy atom. The largest absolute Gasteiger partial charge is 0.478 e. The molecule has 1 saturated heterocycles. The number of anilines is 1. The van der Waals surface area contributed by atoms with Crippen molar-refractivity contribution in [3.8, 4) is 0 Å². The van der Waals surface area contributed by atoms with Crippen LogP contribution in [0.3, 0.4) is 0 Å². The summed E-state index contributed by atoms with van der Waals surface area (Å²) in [7, 11) is 0. The van der Waals surface area contributed by atoms with Crippen molar-refractivity contribution in [2.75, 3.05) is 18.4 Å². The van der Waals surface area contributed by atoms with Gasteiger partial charge < -0.3 is 10.4 Å². The molecule has 1 heterocycles. The Hall–Kier alpha value is -2.73. The molecule has 0 aromatic heterocycles. The van der Waals surface area contributed by atoms with Gasteiger partial charge in [0.15, 0.2) is 0 Å². The van der Waals surface area contributed by atoms with Gasteiger partial charge in [-0.2, -0.15) is 0 Å². The molecular formula is C20H21FN2O3. The van der Waals surface area contributed by atoms with Crippen molar-refractivity contribution in [2.45, 2.75) is 19.4 Å². The molecule has 3 rings (SSSR count). The predicted molar refractivity (Wildman–Crippen MR) is 96.4 cm³/mol. The maximum atomic E-state index is 13.0. The minimum absolute atomic E-state index is 0.0329. The van der Waals surface area contributed by atoms with Crippen LogP contribution in [0.2, 0.25) is 0 Å². The van der Waals surface area contributed by atoms with Crippen molar-refractivity contribution >= 4 is 17.6 Å². The third-order valence-electron chi connectivity index (χ3n) is 4.68. The Bertz CT molecular complexity index is 767. The smallest absolute Gasteiger partial charge is 0.335 e. The number of aromatic carboxylic acids is 1. The molecule has 0 radical (unpaired) electrons. The van der Waals surface area contributed by atoms with Gasteiger partial charge in [0.25, 0.3) is 0 Å². The van der Waals surface area contributed by atoms with Gasteiger partial charge in [-0.3, -0.25) is 9.69 Å². The molecule has 0 atom stereocenters. The van der Waals surface area contributed by atoms with Crippen LogP contribution in [0.5, 0.6) is 0 Å². The first kappa shape index (κ1) is 18.1. The van der Waals surface area contributed by atoms with Gasteiger partial charge in [0.05, 0.1) is 5.56 Å². The van der Waals surface area contributed by atoms with Crippen LogP contribution < -0.4 is 5.32 Å². The molecular weight excluding hydrogens is 335 g/mol. The van der Waals surface area contributed by atoms with Crippen LogP contribution in [-0.2, 0) is 11.3 Å². The van der Waals surface area contributed by atoms with Crippen LogP contribution >= 0.6 is 0 Å². The maximum Gasteiger partial charge on any atom is 0.335 e. The van der Waals surface area contributed by atoms with Crippen molar-refractivity contribution in [1.29, 1.82) is 0 Å². The highest BCUT2D eigenvalue weighted by atomic mass is 19.1. The number of hydrogen-bond acceptors (Lipinski definition) is 3. The molecule has 0 bridgehead atoms. The molecule has 0 unspecified atom stereocenters. The molecule has 2 N–H and O–H groups in total. The topological polar surface area (TPSA) is 69.6 Å². The molecule has 0 saturated carbocycles. The van der Waals surface area contributed by atoms with E-state index in [9.17, 15) is 14.0 Å². The highest BCUT2D eigenvalue weighted by Crippen LogP contribution is 2.21. The number of carboxylic acids is 1. The van der Waals surface area contributed by atoms with Gasteiger partial charge in [-0.25, -0.2) is 9.18 Å². The van der Waals surface area contributed by atoms with E-state index in [1.165, 1.54) is 24.3 Å². The first-order valence-corrected chi connectivity index (χ1v) is 8.62. The van der Waals surface area contributed by atoms with Gasteiger partial charge >= 0.3 is 5.97 Å². The molecule has 0 aliphatic carbocycles. The third-order valence-corrected chi connectivity index (χ3v) is 4.68. The highest BCUT2D eigenvalue weighted by molar-refractivity contribution is 5.93. The van der Waals surface area contributed by atoms with Crippen molar-refractivity contribution in [3.05, 3.63) is 65.5 Å². The number of carbonyl (C=O) groups excluding carboxylic acids is 1. The fraction of sp³-hybridized carbons (Fsp3) is 0.300. The van der Waals surface area contributed by atoms with E-state index in [4.69, 9.17) is 5.11 Å². The average Bonchev–Trinajstić information content (AvgIpc) is 2.64. The van der Waals surface area contributed by atoms with Crippen molar-refractivity contribution in [1.82, 2.24) is 4.90 Å². The van der Waals surface area contributed by atoms with Crippen LogP contribution in [-0.4, -0.2) is 35.0 Å². The summed E-state index contributed by atoms with van der Waals surface area (Å²) in [5.74, 6) is -1.31. The fourth-order valence-corrected chi connectivity index (χ4v) is 3.14. The normalized spacial score (nSPS) is 15.6. The highest BCUT2D eigenvalue weighted by Gasteiger charge is 2.25. The molecule has 2 aromatic rings. The summed E-state index contributed by atoms with van der Waals surface area (Å²) in [6.07, 6.45) is 1.53. The van der Waals surface area contributed by atoms with E-state index < -0.39 is 5.97 Å². The van der Waals surface area contributed by atoms with E-state index in [1.54, 1.807) is 24.3 Å². The summed E-state index contributed by atoms with van der Waals surface area (Å²) in [5.41, 5.74) is 1.86. The summed E-state index contributed by atoms with van der Waals surface area (Å²) >= 11 is 0. The quantitative estimate of drug-likeness (QED) is 0.862. The molecule has 136 valence electrons. The number of carbonyl (C=O) groups is 2. The number of hydrogen-bond donors (Lipinski definition) is 2.